The van der Waals surface area contributed by atoms with E-state index in [4.69, 9.17) is 10.5 Å². The second-order valence-corrected chi connectivity index (χ2v) is 6.27. The third kappa shape index (κ3) is 4.09. The monoisotopic (exact) mass is 292 g/mol. The molecule has 20 heavy (non-hydrogen) atoms. The maximum atomic E-state index is 5.61. The van der Waals surface area contributed by atoms with Crippen LogP contribution in [-0.4, -0.2) is 22.5 Å². The third-order valence-electron chi connectivity index (χ3n) is 2.62. The van der Waals surface area contributed by atoms with E-state index in [0.29, 0.717) is 13.2 Å². The van der Waals surface area contributed by atoms with E-state index in [1.54, 1.807) is 0 Å². The number of rotatable bonds is 5. The van der Waals surface area contributed by atoms with Crippen LogP contribution in [0.5, 0.6) is 5.75 Å². The van der Waals surface area contributed by atoms with Gasteiger partial charge in [0.2, 0.25) is 5.13 Å². The van der Waals surface area contributed by atoms with Gasteiger partial charge in [-0.25, -0.2) is 4.98 Å². The number of hydrogen-bond acceptors (Lipinski definition) is 6. The smallest absolute Gasteiger partial charge is 0.202 e. The lowest BCUT2D eigenvalue weighted by molar-refractivity contribution is 0.333. The predicted molar refractivity (Wildman–Crippen MR) is 83.4 cm³/mol. The van der Waals surface area contributed by atoms with Crippen LogP contribution in [0.15, 0.2) is 24.3 Å². The van der Waals surface area contributed by atoms with Crippen LogP contribution in [-0.2, 0) is 5.41 Å². The van der Waals surface area contributed by atoms with Crippen molar-refractivity contribution in [3.63, 3.8) is 0 Å². The first kappa shape index (κ1) is 14.6. The van der Waals surface area contributed by atoms with Crippen molar-refractivity contribution < 1.29 is 4.74 Å². The zero-order valence-corrected chi connectivity index (χ0v) is 12.8. The number of aromatic nitrogens is 2. The van der Waals surface area contributed by atoms with Gasteiger partial charge in [-0.2, -0.15) is 4.37 Å². The fraction of sp³-hybridized carbons (Fsp3) is 0.429. The third-order valence-corrected chi connectivity index (χ3v) is 3.30. The van der Waals surface area contributed by atoms with E-state index in [9.17, 15) is 0 Å². The largest absolute Gasteiger partial charge is 0.492 e. The number of hydrogen-bond donors (Lipinski definition) is 2. The van der Waals surface area contributed by atoms with E-state index in [2.05, 4.69) is 35.4 Å². The van der Waals surface area contributed by atoms with Crippen LogP contribution in [0.2, 0.25) is 0 Å². The standard InChI is InChI=1S/C14H20N4OS/c1-14(2,3)12-17-13(20-18-12)16-8-9-19-11-6-4-10(15)5-7-11/h4-7H,8-9,15H2,1-3H3,(H,16,17,18). The molecule has 0 unspecified atom stereocenters. The molecule has 2 aromatic rings. The maximum absolute atomic E-state index is 5.61. The fourth-order valence-corrected chi connectivity index (χ4v) is 2.27. The topological polar surface area (TPSA) is 73.1 Å². The maximum Gasteiger partial charge on any atom is 0.202 e. The van der Waals surface area contributed by atoms with Crippen LogP contribution in [0.1, 0.15) is 26.6 Å². The molecule has 1 aromatic carbocycles. The molecule has 6 heteroatoms. The molecule has 108 valence electrons. The molecule has 0 fully saturated rings. The summed E-state index contributed by atoms with van der Waals surface area (Å²) in [6, 6.07) is 7.36. The van der Waals surface area contributed by atoms with Gasteiger partial charge in [0.25, 0.3) is 0 Å². The van der Waals surface area contributed by atoms with E-state index < -0.39 is 0 Å². The number of benzene rings is 1. The first-order valence-corrected chi connectivity index (χ1v) is 7.29. The molecule has 0 aliphatic rings. The molecule has 5 nitrogen and oxygen atoms in total. The zero-order chi connectivity index (χ0) is 14.6. The molecule has 3 N–H and O–H groups in total. The fourth-order valence-electron chi connectivity index (χ4n) is 1.49. The molecule has 0 amide bonds. The molecule has 2 rings (SSSR count). The van der Waals surface area contributed by atoms with E-state index in [1.165, 1.54) is 11.5 Å². The molecular formula is C14H20N4OS. The number of nitrogen functional groups attached to an aromatic ring is 1. The lowest BCUT2D eigenvalue weighted by Crippen LogP contribution is -2.14. The highest BCUT2D eigenvalue weighted by atomic mass is 32.1. The van der Waals surface area contributed by atoms with Crippen LogP contribution in [0.25, 0.3) is 0 Å². The van der Waals surface area contributed by atoms with Crippen LogP contribution in [0, 0.1) is 0 Å². The van der Waals surface area contributed by atoms with Crippen molar-refractivity contribution >= 4 is 22.4 Å². The van der Waals surface area contributed by atoms with Crippen LogP contribution >= 0.6 is 11.5 Å². The Kier molecular flexibility index (Phi) is 4.44. The van der Waals surface area contributed by atoms with Crippen LogP contribution in [0.4, 0.5) is 10.8 Å². The summed E-state index contributed by atoms with van der Waals surface area (Å²) in [5.41, 5.74) is 6.33. The summed E-state index contributed by atoms with van der Waals surface area (Å²) in [6.07, 6.45) is 0. The van der Waals surface area contributed by atoms with Gasteiger partial charge in [0.1, 0.15) is 18.2 Å². The average Bonchev–Trinajstić information content (AvgIpc) is 2.85. The number of anilines is 2. The Morgan fingerprint density at radius 2 is 1.95 bits per heavy atom. The first-order valence-electron chi connectivity index (χ1n) is 6.51. The van der Waals surface area contributed by atoms with Crippen molar-refractivity contribution in [2.45, 2.75) is 26.2 Å². The normalized spacial score (nSPS) is 11.3. The second-order valence-electron chi connectivity index (χ2n) is 5.52. The minimum Gasteiger partial charge on any atom is -0.492 e. The first-order chi connectivity index (χ1) is 9.45. The number of ether oxygens (including phenoxy) is 1. The Hall–Kier alpha value is -1.82. The van der Waals surface area contributed by atoms with E-state index in [0.717, 1.165) is 22.4 Å². The summed E-state index contributed by atoms with van der Waals surface area (Å²) in [4.78, 5) is 4.46. The lowest BCUT2D eigenvalue weighted by Gasteiger charge is -2.12. The number of nitrogens with one attached hydrogen (secondary N) is 1. The Balaban J connectivity index is 1.76. The van der Waals surface area contributed by atoms with Crippen molar-refractivity contribution in [1.82, 2.24) is 9.36 Å². The summed E-state index contributed by atoms with van der Waals surface area (Å²) in [7, 11) is 0. The molecule has 0 spiro atoms. The van der Waals surface area contributed by atoms with Gasteiger partial charge < -0.3 is 15.8 Å². The molecule has 0 saturated heterocycles. The molecule has 0 saturated carbocycles. The SMILES string of the molecule is CC(C)(C)c1nsc(NCCOc2ccc(N)cc2)n1. The van der Waals surface area contributed by atoms with Gasteiger partial charge in [-0.05, 0) is 24.3 Å². The molecule has 1 heterocycles. The average molecular weight is 292 g/mol. The van der Waals surface area contributed by atoms with Crippen molar-refractivity contribution in [2.75, 3.05) is 24.2 Å². The van der Waals surface area contributed by atoms with E-state index in [-0.39, 0.29) is 5.41 Å². The van der Waals surface area contributed by atoms with Crippen molar-refractivity contribution in [3.8, 4) is 5.75 Å². The van der Waals surface area contributed by atoms with Crippen molar-refractivity contribution in [2.24, 2.45) is 0 Å². The van der Waals surface area contributed by atoms with E-state index in [1.807, 2.05) is 24.3 Å². The predicted octanol–water partition coefficient (Wildman–Crippen LogP) is 2.91. The molecule has 0 aliphatic carbocycles. The molecule has 0 radical (unpaired) electrons. The molecular weight excluding hydrogens is 272 g/mol. The highest BCUT2D eigenvalue weighted by molar-refractivity contribution is 7.09. The Morgan fingerprint density at radius 1 is 1.25 bits per heavy atom. The van der Waals surface area contributed by atoms with Crippen molar-refractivity contribution in [1.29, 1.82) is 0 Å². The molecule has 1 aromatic heterocycles. The Labute approximate surface area is 123 Å². The van der Waals surface area contributed by atoms with Crippen LogP contribution < -0.4 is 15.8 Å². The Bertz CT molecular complexity index is 545. The number of nitrogens with zero attached hydrogens (tertiary/aromatic N) is 2. The van der Waals surface area contributed by atoms with Gasteiger partial charge in [0.15, 0.2) is 0 Å². The highest BCUT2D eigenvalue weighted by Gasteiger charge is 2.19. The minimum atomic E-state index is -0.0170. The minimum absolute atomic E-state index is 0.0170. The second kappa shape index (κ2) is 6.09. The van der Waals surface area contributed by atoms with Crippen molar-refractivity contribution in [3.05, 3.63) is 30.1 Å². The molecule has 0 aliphatic heterocycles. The van der Waals surface area contributed by atoms with Gasteiger partial charge >= 0.3 is 0 Å². The summed E-state index contributed by atoms with van der Waals surface area (Å²) in [5, 5.41) is 4.04. The summed E-state index contributed by atoms with van der Waals surface area (Å²) in [5.74, 6) is 1.68. The zero-order valence-electron chi connectivity index (χ0n) is 12.0. The van der Waals surface area contributed by atoms with Gasteiger partial charge in [-0.15, -0.1) is 0 Å². The quantitative estimate of drug-likeness (QED) is 0.655. The van der Waals surface area contributed by atoms with Gasteiger partial charge in [0, 0.05) is 22.6 Å². The number of nitrogens with two attached hydrogens (primary N) is 1. The molecule has 0 bridgehead atoms. The van der Waals surface area contributed by atoms with E-state index >= 15 is 0 Å². The Morgan fingerprint density at radius 3 is 2.55 bits per heavy atom. The summed E-state index contributed by atoms with van der Waals surface area (Å²) in [6.45, 7) is 7.55. The van der Waals surface area contributed by atoms with Gasteiger partial charge in [0.05, 0.1) is 6.54 Å². The van der Waals surface area contributed by atoms with Crippen LogP contribution in [0.3, 0.4) is 0 Å². The summed E-state index contributed by atoms with van der Waals surface area (Å²) >= 11 is 1.38. The van der Waals surface area contributed by atoms with Gasteiger partial charge in [-0.3, -0.25) is 0 Å². The lowest BCUT2D eigenvalue weighted by atomic mass is 9.96. The highest BCUT2D eigenvalue weighted by Crippen LogP contribution is 2.22. The van der Waals surface area contributed by atoms with Gasteiger partial charge in [-0.1, -0.05) is 20.8 Å². The summed E-state index contributed by atoms with van der Waals surface area (Å²) < 4.78 is 9.94. The molecule has 0 atom stereocenters.